The number of nitrogens with one attached hydrogen (secondary N) is 2. The molecule has 0 spiro atoms. The molecule has 1 aliphatic heterocycles. The Kier molecular flexibility index (Phi) is 3.70. The molecule has 0 aromatic heterocycles. The Morgan fingerprint density at radius 3 is 2.56 bits per heavy atom. The summed E-state index contributed by atoms with van der Waals surface area (Å²) in [6, 6.07) is 0. The monoisotopic (exact) mass is 177 g/mol. The standard InChI is InChI=1S/C3H15N3Si3/c1-2-3-6-8-4-7-5-9-6/h4-5H,2-3,7-9H2,1H3. The smallest absolute Gasteiger partial charge is 0.158 e. The molecule has 6 heteroatoms. The van der Waals surface area contributed by atoms with Gasteiger partial charge in [0, 0.05) is 0 Å². The molecule has 0 aliphatic carbocycles. The van der Waals surface area contributed by atoms with Crippen LogP contribution in [0, 0.1) is 0 Å². The van der Waals surface area contributed by atoms with Crippen LogP contribution in [0.3, 0.4) is 0 Å². The minimum absolute atomic E-state index is 0.0415. The van der Waals surface area contributed by atoms with Crippen LogP contribution in [0.25, 0.3) is 0 Å². The van der Waals surface area contributed by atoms with Crippen LogP contribution in [0.1, 0.15) is 13.3 Å². The average molecular weight is 177 g/mol. The van der Waals surface area contributed by atoms with E-state index in [9.17, 15) is 0 Å². The van der Waals surface area contributed by atoms with Gasteiger partial charge in [-0.2, -0.15) is 0 Å². The number of hydrogen-bond donors (Lipinski definition) is 2. The Balaban J connectivity index is 2.08. The average Bonchev–Trinajstić information content (AvgIpc) is 1.91. The van der Waals surface area contributed by atoms with Crippen molar-refractivity contribution in [3.8, 4) is 0 Å². The van der Waals surface area contributed by atoms with Gasteiger partial charge in [-0.05, 0) is 13.0 Å². The first-order valence-corrected chi connectivity index (χ1v) is 7.66. The van der Waals surface area contributed by atoms with Crippen molar-refractivity contribution in [3.05, 3.63) is 0 Å². The molecule has 0 atom stereocenters. The highest BCUT2D eigenvalue weighted by Crippen LogP contribution is 1.83. The number of nitrogens with zero attached hydrogens (tertiary/aromatic N) is 1. The van der Waals surface area contributed by atoms with Crippen molar-refractivity contribution in [2.24, 2.45) is 0 Å². The van der Waals surface area contributed by atoms with Crippen LogP contribution in [-0.2, 0) is 0 Å². The molecule has 2 N–H and O–H groups in total. The lowest BCUT2D eigenvalue weighted by atomic mass is 10.5. The maximum absolute atomic E-state index is 3.55. The molecule has 0 aromatic rings. The predicted molar refractivity (Wildman–Crippen MR) is 48.9 cm³/mol. The molecule has 1 rings (SSSR count). The molecule has 54 valence electrons. The Morgan fingerprint density at radius 2 is 2.00 bits per heavy atom. The fraction of sp³-hybridized carbons (Fsp3) is 1.00. The van der Waals surface area contributed by atoms with E-state index in [-0.39, 0.29) is 29.5 Å². The molecule has 0 amide bonds. The van der Waals surface area contributed by atoms with Crippen LogP contribution in [0.2, 0.25) is 0 Å². The van der Waals surface area contributed by atoms with Gasteiger partial charge in [-0.15, -0.1) is 0 Å². The SMILES string of the molecule is CCCN1[SiH2]N[SiH2]N[SiH2]1. The molecule has 1 fully saturated rings. The fourth-order valence-electron chi connectivity index (χ4n) is 1.05. The quantitative estimate of drug-likeness (QED) is 0.437. The number of rotatable bonds is 2. The molecular formula is C3H15N3Si3. The van der Waals surface area contributed by atoms with E-state index in [1.165, 1.54) is 13.0 Å². The van der Waals surface area contributed by atoms with Crippen molar-refractivity contribution < 1.29 is 0 Å². The molecule has 0 unspecified atom stereocenters. The van der Waals surface area contributed by atoms with E-state index in [1.54, 1.807) is 0 Å². The maximum atomic E-state index is 3.55. The van der Waals surface area contributed by atoms with Crippen LogP contribution in [-0.4, -0.2) is 40.3 Å². The Labute approximate surface area is 63.5 Å². The van der Waals surface area contributed by atoms with Gasteiger partial charge in [0.05, 0.1) is 0 Å². The molecule has 0 radical (unpaired) electrons. The van der Waals surface area contributed by atoms with Gasteiger partial charge >= 0.3 is 0 Å². The molecule has 0 saturated carbocycles. The van der Waals surface area contributed by atoms with Crippen molar-refractivity contribution in [1.82, 2.24) is 13.5 Å². The van der Waals surface area contributed by atoms with E-state index in [2.05, 4.69) is 20.5 Å². The lowest BCUT2D eigenvalue weighted by Gasteiger charge is -2.26. The topological polar surface area (TPSA) is 27.3 Å². The third-order valence-corrected chi connectivity index (χ3v) is 8.12. The zero-order chi connectivity index (χ0) is 6.53. The molecule has 1 aliphatic rings. The van der Waals surface area contributed by atoms with Crippen molar-refractivity contribution in [1.29, 1.82) is 0 Å². The van der Waals surface area contributed by atoms with Gasteiger partial charge in [0.1, 0.15) is 0 Å². The van der Waals surface area contributed by atoms with Crippen LogP contribution in [0.5, 0.6) is 0 Å². The van der Waals surface area contributed by atoms with Crippen molar-refractivity contribution in [2.45, 2.75) is 13.3 Å². The first kappa shape index (κ1) is 7.64. The van der Waals surface area contributed by atoms with E-state index in [0.29, 0.717) is 0 Å². The third-order valence-electron chi connectivity index (χ3n) is 1.46. The minimum atomic E-state index is 0.0415. The van der Waals surface area contributed by atoms with Crippen LogP contribution < -0.4 is 9.30 Å². The summed E-state index contributed by atoms with van der Waals surface area (Å²) < 4.78 is 9.76. The van der Waals surface area contributed by atoms with Gasteiger partial charge in [-0.1, -0.05) is 6.92 Å². The minimum Gasteiger partial charge on any atom is -0.346 e. The summed E-state index contributed by atoms with van der Waals surface area (Å²) in [6.45, 7) is 3.60. The van der Waals surface area contributed by atoms with E-state index in [1.807, 2.05) is 0 Å². The van der Waals surface area contributed by atoms with Gasteiger partial charge in [0.15, 0.2) is 29.5 Å². The summed E-state index contributed by atoms with van der Waals surface area (Å²) >= 11 is 0. The second-order valence-corrected chi connectivity index (χ2v) is 10.1. The first-order valence-electron chi connectivity index (χ1n) is 3.57. The zero-order valence-corrected chi connectivity index (χ0v) is 10.2. The first-order chi connectivity index (χ1) is 4.43. The second-order valence-electron chi connectivity index (χ2n) is 2.39. The van der Waals surface area contributed by atoms with Crippen LogP contribution in [0.4, 0.5) is 0 Å². The largest absolute Gasteiger partial charge is 0.346 e. The molecule has 9 heavy (non-hydrogen) atoms. The van der Waals surface area contributed by atoms with Gasteiger partial charge in [0.2, 0.25) is 0 Å². The zero-order valence-electron chi connectivity index (χ0n) is 5.98. The van der Waals surface area contributed by atoms with Crippen molar-refractivity contribution >= 4 is 29.5 Å². The van der Waals surface area contributed by atoms with Gasteiger partial charge < -0.3 is 13.5 Å². The summed E-state index contributed by atoms with van der Waals surface area (Å²) in [6.07, 6.45) is 1.32. The predicted octanol–water partition coefficient (Wildman–Crippen LogP) is -3.11. The third kappa shape index (κ3) is 2.74. The van der Waals surface area contributed by atoms with E-state index >= 15 is 0 Å². The van der Waals surface area contributed by atoms with Crippen molar-refractivity contribution in [2.75, 3.05) is 6.54 Å². The highest BCUT2D eigenvalue weighted by atomic mass is 28.4. The summed E-state index contributed by atoms with van der Waals surface area (Å²) in [7, 11) is 0.153. The molecule has 1 heterocycles. The summed E-state index contributed by atoms with van der Waals surface area (Å²) in [4.78, 5) is 0. The van der Waals surface area contributed by atoms with Crippen LogP contribution in [0.15, 0.2) is 0 Å². The maximum Gasteiger partial charge on any atom is 0.158 e. The number of hydrogen-bond acceptors (Lipinski definition) is 3. The summed E-state index contributed by atoms with van der Waals surface area (Å²) in [5.41, 5.74) is 0. The van der Waals surface area contributed by atoms with E-state index < -0.39 is 0 Å². The molecular weight excluding hydrogens is 162 g/mol. The molecule has 0 aromatic carbocycles. The van der Waals surface area contributed by atoms with Crippen LogP contribution >= 0.6 is 0 Å². The van der Waals surface area contributed by atoms with Gasteiger partial charge in [0.25, 0.3) is 0 Å². The van der Waals surface area contributed by atoms with Crippen molar-refractivity contribution in [3.63, 3.8) is 0 Å². The molecule has 1 saturated heterocycles. The van der Waals surface area contributed by atoms with Gasteiger partial charge in [-0.3, -0.25) is 0 Å². The molecule has 3 nitrogen and oxygen atoms in total. The highest BCUT2D eigenvalue weighted by molar-refractivity contribution is 6.65. The fourth-order valence-corrected chi connectivity index (χ4v) is 11.0. The van der Waals surface area contributed by atoms with E-state index in [4.69, 9.17) is 0 Å². The normalized spacial score (nSPS) is 30.3. The Hall–Kier alpha value is 0.531. The summed E-state index contributed by atoms with van der Waals surface area (Å²) in [5.74, 6) is 0. The lowest BCUT2D eigenvalue weighted by molar-refractivity contribution is 0.637. The molecule has 0 bridgehead atoms. The second kappa shape index (κ2) is 4.36. The lowest BCUT2D eigenvalue weighted by Crippen LogP contribution is -2.57. The Bertz CT molecular complexity index is 71.9. The summed E-state index contributed by atoms with van der Waals surface area (Å²) in [5, 5.41) is 0. The Morgan fingerprint density at radius 1 is 1.33 bits per heavy atom. The van der Waals surface area contributed by atoms with E-state index in [0.717, 1.165) is 0 Å². The van der Waals surface area contributed by atoms with Gasteiger partial charge in [-0.25, -0.2) is 0 Å². The highest BCUT2D eigenvalue weighted by Gasteiger charge is 2.07.